The lowest BCUT2D eigenvalue weighted by Gasteiger charge is -2.20. The van der Waals surface area contributed by atoms with Gasteiger partial charge in [-0.25, -0.2) is 4.52 Å². The van der Waals surface area contributed by atoms with E-state index in [0.29, 0.717) is 16.7 Å². The van der Waals surface area contributed by atoms with Crippen LogP contribution in [0.15, 0.2) is 60.9 Å². The number of nitrogens with two attached hydrogens (primary N) is 1. The molecule has 0 saturated carbocycles. The Balaban J connectivity index is 1.91. The van der Waals surface area contributed by atoms with Gasteiger partial charge in [0.1, 0.15) is 11.5 Å². The number of hydrogen-bond acceptors (Lipinski definition) is 5. The summed E-state index contributed by atoms with van der Waals surface area (Å²) in [5.74, 6) is -0.466. The molecule has 0 radical (unpaired) electrons. The first kappa shape index (κ1) is 16.2. The van der Waals surface area contributed by atoms with Gasteiger partial charge in [0.25, 0.3) is 5.91 Å². The minimum atomic E-state index is -0.564. The van der Waals surface area contributed by atoms with Gasteiger partial charge >= 0.3 is 0 Å². The Morgan fingerprint density at radius 3 is 2.75 bits per heavy atom. The molecule has 3 heterocycles. The molecule has 1 aliphatic heterocycles. The maximum absolute atomic E-state index is 12.1. The highest BCUT2D eigenvalue weighted by Gasteiger charge is 2.30. The third kappa shape index (κ3) is 2.23. The molecular formula is C21H16N4O3. The van der Waals surface area contributed by atoms with Crippen LogP contribution in [-0.2, 0) is 0 Å². The molecule has 0 bridgehead atoms. The van der Waals surface area contributed by atoms with E-state index in [-0.39, 0.29) is 11.5 Å². The predicted molar refractivity (Wildman–Crippen MR) is 104 cm³/mol. The molecule has 0 aliphatic carbocycles. The number of primary amides is 1. The van der Waals surface area contributed by atoms with Gasteiger partial charge in [0, 0.05) is 34.1 Å². The van der Waals surface area contributed by atoms with Crippen molar-refractivity contribution >= 4 is 17.1 Å². The lowest BCUT2D eigenvalue weighted by atomic mass is 9.96. The van der Waals surface area contributed by atoms with Gasteiger partial charge in [-0.2, -0.15) is 5.10 Å². The van der Waals surface area contributed by atoms with Crippen LogP contribution in [0, 0.1) is 0 Å². The highest BCUT2D eigenvalue weighted by Crippen LogP contribution is 2.45. The van der Waals surface area contributed by atoms with Gasteiger partial charge in [0.15, 0.2) is 0 Å². The third-order valence-electron chi connectivity index (χ3n) is 5.11. The number of nitrogens with one attached hydrogen (secondary N) is 1. The van der Waals surface area contributed by atoms with Crippen molar-refractivity contribution in [2.75, 3.05) is 5.32 Å². The van der Waals surface area contributed by atoms with Crippen LogP contribution in [0.1, 0.15) is 27.5 Å². The highest BCUT2D eigenvalue weighted by molar-refractivity contribution is 6.07. The summed E-state index contributed by atoms with van der Waals surface area (Å²) in [6.45, 7) is 0. The number of benzene rings is 2. The number of aromatic hydroxyl groups is 2. The molecule has 1 amide bonds. The molecule has 5 rings (SSSR count). The Hall–Kier alpha value is -4.00. The SMILES string of the molecule is NC(=O)c1cnn2ccc3c2c1-c1ccccc1NC3c1cc(O)ccc1O. The number of para-hydroxylation sites is 1. The van der Waals surface area contributed by atoms with E-state index in [1.54, 1.807) is 10.7 Å². The molecule has 2 aromatic heterocycles. The topological polar surface area (TPSA) is 113 Å². The van der Waals surface area contributed by atoms with Gasteiger partial charge in [0.2, 0.25) is 0 Å². The van der Waals surface area contributed by atoms with Crippen molar-refractivity contribution < 1.29 is 15.0 Å². The van der Waals surface area contributed by atoms with Crippen molar-refractivity contribution in [1.29, 1.82) is 0 Å². The number of phenolic OH excluding ortho intramolecular Hbond substituents is 2. The van der Waals surface area contributed by atoms with Crippen molar-refractivity contribution in [1.82, 2.24) is 9.61 Å². The number of fused-ring (bicyclic) bond motifs is 2. The Labute approximate surface area is 159 Å². The molecule has 5 N–H and O–H groups in total. The summed E-state index contributed by atoms with van der Waals surface area (Å²) in [5, 5.41) is 28.2. The smallest absolute Gasteiger partial charge is 0.251 e. The number of amides is 1. The Bertz CT molecular complexity index is 1260. The van der Waals surface area contributed by atoms with Crippen LogP contribution in [0.3, 0.4) is 0 Å². The summed E-state index contributed by atoms with van der Waals surface area (Å²) in [6, 6.07) is 13.4. The number of hydrogen-bond donors (Lipinski definition) is 4. The minimum Gasteiger partial charge on any atom is -0.508 e. The number of aromatic nitrogens is 2. The zero-order valence-corrected chi connectivity index (χ0v) is 14.6. The molecule has 7 nitrogen and oxygen atoms in total. The summed E-state index contributed by atoms with van der Waals surface area (Å²) in [7, 11) is 0. The van der Waals surface area contributed by atoms with Crippen LogP contribution in [0.25, 0.3) is 16.6 Å². The van der Waals surface area contributed by atoms with E-state index in [9.17, 15) is 15.0 Å². The van der Waals surface area contributed by atoms with Crippen molar-refractivity contribution in [2.45, 2.75) is 6.04 Å². The molecule has 0 spiro atoms. The highest BCUT2D eigenvalue weighted by atomic mass is 16.3. The van der Waals surface area contributed by atoms with E-state index in [4.69, 9.17) is 5.73 Å². The Kier molecular flexibility index (Phi) is 3.33. The van der Waals surface area contributed by atoms with Crippen molar-refractivity contribution in [2.24, 2.45) is 5.73 Å². The summed E-state index contributed by atoms with van der Waals surface area (Å²) in [4.78, 5) is 12.1. The monoisotopic (exact) mass is 372 g/mol. The van der Waals surface area contributed by atoms with Crippen LogP contribution in [0.5, 0.6) is 11.5 Å². The van der Waals surface area contributed by atoms with Crippen LogP contribution >= 0.6 is 0 Å². The molecule has 1 aliphatic rings. The Morgan fingerprint density at radius 1 is 1.11 bits per heavy atom. The van der Waals surface area contributed by atoms with Crippen LogP contribution in [0.4, 0.5) is 5.69 Å². The summed E-state index contributed by atoms with van der Waals surface area (Å²) >= 11 is 0. The number of rotatable bonds is 2. The lowest BCUT2D eigenvalue weighted by Crippen LogP contribution is -2.14. The normalized spacial score (nSPS) is 14.9. The van der Waals surface area contributed by atoms with Gasteiger partial charge in [-0.1, -0.05) is 18.2 Å². The number of carbonyl (C=O) groups excluding carboxylic acids is 1. The number of phenols is 2. The van der Waals surface area contributed by atoms with E-state index >= 15 is 0 Å². The molecular weight excluding hydrogens is 356 g/mol. The first-order valence-corrected chi connectivity index (χ1v) is 8.72. The fourth-order valence-corrected chi connectivity index (χ4v) is 3.87. The summed E-state index contributed by atoms with van der Waals surface area (Å²) < 4.78 is 1.69. The van der Waals surface area contributed by atoms with Gasteiger partial charge in [-0.05, 0) is 30.3 Å². The van der Waals surface area contributed by atoms with Crippen molar-refractivity contribution in [3.63, 3.8) is 0 Å². The van der Waals surface area contributed by atoms with E-state index in [1.165, 1.54) is 24.4 Å². The summed E-state index contributed by atoms with van der Waals surface area (Å²) in [6.07, 6.45) is 3.26. The average Bonchev–Trinajstić information content (AvgIpc) is 3.05. The van der Waals surface area contributed by atoms with E-state index in [2.05, 4.69) is 10.4 Å². The van der Waals surface area contributed by atoms with Crippen molar-refractivity contribution in [3.8, 4) is 22.6 Å². The van der Waals surface area contributed by atoms with Crippen LogP contribution in [0.2, 0.25) is 0 Å². The lowest BCUT2D eigenvalue weighted by molar-refractivity contribution is 0.100. The fraction of sp³-hybridized carbons (Fsp3) is 0.0476. The first-order valence-electron chi connectivity index (χ1n) is 8.72. The van der Waals surface area contributed by atoms with Gasteiger partial charge in [-0.3, -0.25) is 4.79 Å². The molecule has 1 unspecified atom stereocenters. The van der Waals surface area contributed by atoms with Crippen LogP contribution < -0.4 is 11.1 Å². The number of nitrogens with zero attached hydrogens (tertiary/aromatic N) is 2. The molecule has 2 aromatic carbocycles. The van der Waals surface area contributed by atoms with E-state index in [0.717, 1.165) is 22.3 Å². The molecule has 0 saturated heterocycles. The molecule has 28 heavy (non-hydrogen) atoms. The largest absolute Gasteiger partial charge is 0.508 e. The number of anilines is 1. The molecule has 7 heteroatoms. The second-order valence-corrected chi connectivity index (χ2v) is 6.73. The fourth-order valence-electron chi connectivity index (χ4n) is 3.87. The predicted octanol–water partition coefficient (Wildman–Crippen LogP) is 3.03. The standard InChI is InChI=1S/C21H16N4O3/c22-21(28)15-10-23-25-8-7-13-19(14-9-11(26)5-6-17(14)27)24-16-4-2-1-3-12(16)18(15)20(13)25/h1-10,19,24,26-27H,(H2,22,28). The molecule has 138 valence electrons. The quantitative estimate of drug-likeness (QED) is 0.404. The minimum absolute atomic E-state index is 0.0480. The van der Waals surface area contributed by atoms with Gasteiger partial charge < -0.3 is 21.3 Å². The second kappa shape index (κ2) is 5.75. The summed E-state index contributed by atoms with van der Waals surface area (Å²) in [5.41, 5.74) is 10.3. The number of carbonyl (C=O) groups is 1. The molecule has 1 atom stereocenters. The zero-order valence-electron chi connectivity index (χ0n) is 14.6. The van der Waals surface area contributed by atoms with E-state index < -0.39 is 11.9 Å². The maximum atomic E-state index is 12.1. The third-order valence-corrected chi connectivity index (χ3v) is 5.11. The first-order chi connectivity index (χ1) is 13.5. The maximum Gasteiger partial charge on any atom is 0.251 e. The Morgan fingerprint density at radius 2 is 1.93 bits per heavy atom. The van der Waals surface area contributed by atoms with E-state index in [1.807, 2.05) is 30.3 Å². The van der Waals surface area contributed by atoms with Crippen LogP contribution in [-0.4, -0.2) is 25.7 Å². The van der Waals surface area contributed by atoms with Gasteiger partial charge in [0.05, 0.1) is 23.3 Å². The molecule has 0 fully saturated rings. The average molecular weight is 372 g/mol. The molecule has 4 aromatic rings. The van der Waals surface area contributed by atoms with Crippen molar-refractivity contribution in [3.05, 3.63) is 77.6 Å². The second-order valence-electron chi connectivity index (χ2n) is 6.73. The zero-order chi connectivity index (χ0) is 19.4. The van der Waals surface area contributed by atoms with Gasteiger partial charge in [-0.15, -0.1) is 0 Å².